The number of anilines is 1. The highest BCUT2D eigenvalue weighted by atomic mass is 32.1. The highest BCUT2D eigenvalue weighted by Gasteiger charge is 2.35. The Kier molecular flexibility index (Phi) is 5.53. The van der Waals surface area contributed by atoms with Crippen molar-refractivity contribution in [1.29, 1.82) is 0 Å². The van der Waals surface area contributed by atoms with Crippen molar-refractivity contribution in [2.75, 3.05) is 18.6 Å². The van der Waals surface area contributed by atoms with Gasteiger partial charge in [0.25, 0.3) is 0 Å². The zero-order chi connectivity index (χ0) is 20.2. The molecule has 1 aliphatic heterocycles. The van der Waals surface area contributed by atoms with Crippen molar-refractivity contribution in [2.45, 2.75) is 13.0 Å². The Morgan fingerprint density at radius 2 is 2.14 bits per heavy atom. The van der Waals surface area contributed by atoms with Gasteiger partial charge in [-0.05, 0) is 36.4 Å². The molecular weight excluding hydrogens is 388 g/mol. The summed E-state index contributed by atoms with van der Waals surface area (Å²) in [6.45, 7) is 0.706. The number of nitrogens with one attached hydrogen (secondary N) is 1. The molecular formula is C21H20N4O3S. The van der Waals surface area contributed by atoms with E-state index in [2.05, 4.69) is 15.3 Å². The first-order valence-corrected chi connectivity index (χ1v) is 10.1. The lowest BCUT2D eigenvalue weighted by Crippen LogP contribution is -2.32. The number of hydrogen-bond donors (Lipinski definition) is 1. The summed E-state index contributed by atoms with van der Waals surface area (Å²) in [7, 11) is 1.60. The fourth-order valence-corrected chi connectivity index (χ4v) is 4.04. The van der Waals surface area contributed by atoms with Gasteiger partial charge in [-0.2, -0.15) is 0 Å². The van der Waals surface area contributed by atoms with Crippen molar-refractivity contribution in [3.8, 4) is 16.3 Å². The van der Waals surface area contributed by atoms with Gasteiger partial charge in [0.2, 0.25) is 11.8 Å². The average Bonchev–Trinajstić information content (AvgIpc) is 3.40. The Morgan fingerprint density at radius 1 is 1.31 bits per heavy atom. The SMILES string of the molecule is COc1ccc(N2CC(C(=O)NCc3csc(-c4cccnc4)n3)CC2=O)cc1. The molecule has 8 heteroatoms. The number of carbonyl (C=O) groups is 2. The third-order valence-corrected chi connectivity index (χ3v) is 5.72. The molecule has 1 fully saturated rings. The van der Waals surface area contributed by atoms with Crippen LogP contribution in [0.2, 0.25) is 0 Å². The quantitative estimate of drug-likeness (QED) is 0.678. The van der Waals surface area contributed by atoms with Gasteiger partial charge < -0.3 is 15.0 Å². The second-order valence-electron chi connectivity index (χ2n) is 6.71. The first-order valence-electron chi connectivity index (χ1n) is 9.21. The van der Waals surface area contributed by atoms with Crippen LogP contribution in [0.15, 0.2) is 54.2 Å². The summed E-state index contributed by atoms with van der Waals surface area (Å²) in [6, 6.07) is 11.1. The van der Waals surface area contributed by atoms with Crippen molar-refractivity contribution in [2.24, 2.45) is 5.92 Å². The molecule has 1 atom stereocenters. The Balaban J connectivity index is 1.34. The maximum absolute atomic E-state index is 12.6. The molecule has 2 amide bonds. The lowest BCUT2D eigenvalue weighted by atomic mass is 10.1. The van der Waals surface area contributed by atoms with Gasteiger partial charge in [0.15, 0.2) is 0 Å². The van der Waals surface area contributed by atoms with Crippen molar-refractivity contribution in [3.63, 3.8) is 0 Å². The summed E-state index contributed by atoms with van der Waals surface area (Å²) in [5.41, 5.74) is 2.51. The standard InChI is InChI=1S/C21H20N4O3S/c1-28-18-6-4-17(5-7-18)25-12-15(9-19(25)26)20(27)23-11-16-13-29-21(24-16)14-3-2-8-22-10-14/h2-8,10,13,15H,9,11-12H2,1H3,(H,23,27). The van der Waals surface area contributed by atoms with E-state index >= 15 is 0 Å². The molecule has 148 valence electrons. The van der Waals surface area contributed by atoms with Crippen LogP contribution in [-0.4, -0.2) is 35.4 Å². The summed E-state index contributed by atoms with van der Waals surface area (Å²) in [5, 5.41) is 5.69. The highest BCUT2D eigenvalue weighted by Crippen LogP contribution is 2.27. The molecule has 0 spiro atoms. The summed E-state index contributed by atoms with van der Waals surface area (Å²) in [6.07, 6.45) is 3.69. The van der Waals surface area contributed by atoms with Gasteiger partial charge in [0, 0.05) is 42.0 Å². The Labute approximate surface area is 172 Å². The molecule has 1 aliphatic rings. The molecule has 1 saturated heterocycles. The van der Waals surface area contributed by atoms with Gasteiger partial charge in [-0.1, -0.05) is 0 Å². The number of ether oxygens (including phenoxy) is 1. The van der Waals surface area contributed by atoms with Gasteiger partial charge in [-0.25, -0.2) is 4.98 Å². The zero-order valence-electron chi connectivity index (χ0n) is 15.9. The van der Waals surface area contributed by atoms with E-state index in [0.29, 0.717) is 13.1 Å². The van der Waals surface area contributed by atoms with Crippen LogP contribution in [-0.2, 0) is 16.1 Å². The minimum Gasteiger partial charge on any atom is -0.497 e. The predicted molar refractivity (Wildman–Crippen MR) is 111 cm³/mol. The Hall–Kier alpha value is -3.26. The third-order valence-electron chi connectivity index (χ3n) is 4.78. The first kappa shape index (κ1) is 19.1. The van der Waals surface area contributed by atoms with E-state index in [0.717, 1.165) is 27.7 Å². The average molecular weight is 408 g/mol. The molecule has 0 radical (unpaired) electrons. The molecule has 0 aliphatic carbocycles. The lowest BCUT2D eigenvalue weighted by Gasteiger charge is -2.17. The first-order chi connectivity index (χ1) is 14.1. The van der Waals surface area contributed by atoms with E-state index in [1.807, 2.05) is 29.6 Å². The molecule has 1 unspecified atom stereocenters. The minimum atomic E-state index is -0.374. The van der Waals surface area contributed by atoms with Crippen molar-refractivity contribution >= 4 is 28.8 Å². The van der Waals surface area contributed by atoms with Crippen LogP contribution in [0.3, 0.4) is 0 Å². The lowest BCUT2D eigenvalue weighted by molar-refractivity contribution is -0.126. The summed E-state index contributed by atoms with van der Waals surface area (Å²) >= 11 is 1.51. The molecule has 3 aromatic rings. The van der Waals surface area contributed by atoms with Crippen LogP contribution in [0.4, 0.5) is 5.69 Å². The number of nitrogens with zero attached hydrogens (tertiary/aromatic N) is 3. The molecule has 4 rings (SSSR count). The van der Waals surface area contributed by atoms with E-state index < -0.39 is 0 Å². The summed E-state index contributed by atoms with van der Waals surface area (Å²) in [5.74, 6) is 0.165. The number of benzene rings is 1. The smallest absolute Gasteiger partial charge is 0.227 e. The van der Waals surface area contributed by atoms with E-state index in [9.17, 15) is 9.59 Å². The maximum atomic E-state index is 12.6. The monoisotopic (exact) mass is 408 g/mol. The number of pyridine rings is 1. The summed E-state index contributed by atoms with van der Waals surface area (Å²) < 4.78 is 5.15. The number of amides is 2. The van der Waals surface area contributed by atoms with E-state index in [1.54, 1.807) is 36.5 Å². The van der Waals surface area contributed by atoms with Crippen LogP contribution in [0, 0.1) is 5.92 Å². The Bertz CT molecular complexity index is 1000. The third kappa shape index (κ3) is 4.27. The number of aromatic nitrogens is 2. The maximum Gasteiger partial charge on any atom is 0.227 e. The van der Waals surface area contributed by atoms with Gasteiger partial charge in [0.05, 0.1) is 25.3 Å². The summed E-state index contributed by atoms with van der Waals surface area (Å²) in [4.78, 5) is 35.2. The second-order valence-corrected chi connectivity index (χ2v) is 7.57. The molecule has 1 aromatic carbocycles. The van der Waals surface area contributed by atoms with Crippen molar-refractivity contribution < 1.29 is 14.3 Å². The predicted octanol–water partition coefficient (Wildman–Crippen LogP) is 2.88. The molecule has 7 nitrogen and oxygen atoms in total. The second kappa shape index (κ2) is 8.40. The molecule has 0 saturated carbocycles. The molecule has 1 N–H and O–H groups in total. The number of hydrogen-bond acceptors (Lipinski definition) is 6. The fraction of sp³-hybridized carbons (Fsp3) is 0.238. The normalized spacial score (nSPS) is 16.1. The number of carbonyl (C=O) groups excluding carboxylic acids is 2. The number of thiazole rings is 1. The topological polar surface area (TPSA) is 84.4 Å². The van der Waals surface area contributed by atoms with Crippen LogP contribution in [0.25, 0.3) is 10.6 Å². The molecule has 2 aromatic heterocycles. The minimum absolute atomic E-state index is 0.0529. The van der Waals surface area contributed by atoms with Crippen LogP contribution >= 0.6 is 11.3 Å². The number of methoxy groups -OCH3 is 1. The van der Waals surface area contributed by atoms with E-state index in [4.69, 9.17) is 4.74 Å². The highest BCUT2D eigenvalue weighted by molar-refractivity contribution is 7.13. The van der Waals surface area contributed by atoms with Crippen molar-refractivity contribution in [3.05, 3.63) is 59.9 Å². The van der Waals surface area contributed by atoms with E-state index in [-0.39, 0.29) is 24.2 Å². The van der Waals surface area contributed by atoms with Crippen LogP contribution in [0.5, 0.6) is 5.75 Å². The van der Waals surface area contributed by atoms with Crippen LogP contribution < -0.4 is 15.0 Å². The van der Waals surface area contributed by atoms with Gasteiger partial charge in [-0.15, -0.1) is 11.3 Å². The Morgan fingerprint density at radius 3 is 2.86 bits per heavy atom. The number of rotatable bonds is 6. The van der Waals surface area contributed by atoms with Crippen LogP contribution in [0.1, 0.15) is 12.1 Å². The van der Waals surface area contributed by atoms with Gasteiger partial charge in [0.1, 0.15) is 10.8 Å². The largest absolute Gasteiger partial charge is 0.497 e. The van der Waals surface area contributed by atoms with Gasteiger partial charge in [-0.3, -0.25) is 14.6 Å². The van der Waals surface area contributed by atoms with Crippen molar-refractivity contribution in [1.82, 2.24) is 15.3 Å². The molecule has 29 heavy (non-hydrogen) atoms. The van der Waals surface area contributed by atoms with Gasteiger partial charge >= 0.3 is 0 Å². The fourth-order valence-electron chi connectivity index (χ4n) is 3.23. The van der Waals surface area contributed by atoms with E-state index in [1.165, 1.54) is 11.3 Å². The molecule has 0 bridgehead atoms. The zero-order valence-corrected chi connectivity index (χ0v) is 16.7. The molecule has 3 heterocycles.